The van der Waals surface area contributed by atoms with Crippen molar-refractivity contribution >= 4 is 38.7 Å². The van der Waals surface area contributed by atoms with Crippen LogP contribution in [0.25, 0.3) is 11.0 Å². The van der Waals surface area contributed by atoms with E-state index in [1.54, 1.807) is 12.5 Å². The Hall–Kier alpha value is -2.48. The summed E-state index contributed by atoms with van der Waals surface area (Å²) < 4.78 is 0.966. The van der Waals surface area contributed by atoms with Crippen LogP contribution in [-0.2, 0) is 0 Å². The fraction of sp³-hybridized carbons (Fsp3) is 0.294. The Labute approximate surface area is 153 Å². The Morgan fingerprint density at radius 1 is 1.20 bits per heavy atom. The first-order valence-corrected chi connectivity index (χ1v) is 8.95. The van der Waals surface area contributed by atoms with Crippen LogP contribution in [0.1, 0.15) is 23.2 Å². The van der Waals surface area contributed by atoms with Gasteiger partial charge in [0.15, 0.2) is 5.65 Å². The molecule has 3 aromatic rings. The number of carbonyl (C=O) groups excluding carboxylic acids is 1. The van der Waals surface area contributed by atoms with Crippen LogP contribution in [0.5, 0.6) is 0 Å². The fourth-order valence-corrected chi connectivity index (χ4v) is 3.37. The number of piperidine rings is 1. The molecule has 3 heterocycles. The Kier molecular flexibility index (Phi) is 4.35. The third kappa shape index (κ3) is 3.34. The van der Waals surface area contributed by atoms with E-state index in [4.69, 9.17) is 0 Å². The molecule has 2 N–H and O–H groups in total. The number of hydrogen-bond donors (Lipinski definition) is 2. The molecule has 0 aliphatic carbocycles. The minimum Gasteiger partial charge on any atom is -0.356 e. The number of fused-ring (bicyclic) bond motifs is 1. The number of aromatic nitrogens is 4. The van der Waals surface area contributed by atoms with Gasteiger partial charge in [0.25, 0.3) is 5.91 Å². The van der Waals surface area contributed by atoms with E-state index in [2.05, 4.69) is 46.3 Å². The van der Waals surface area contributed by atoms with Crippen LogP contribution in [0.2, 0.25) is 0 Å². The summed E-state index contributed by atoms with van der Waals surface area (Å²) in [6.07, 6.45) is 5.07. The van der Waals surface area contributed by atoms with E-state index in [0.29, 0.717) is 5.56 Å². The molecule has 0 spiro atoms. The van der Waals surface area contributed by atoms with Crippen molar-refractivity contribution in [2.24, 2.45) is 0 Å². The van der Waals surface area contributed by atoms with Gasteiger partial charge in [-0.05, 0) is 37.1 Å². The lowest BCUT2D eigenvalue weighted by molar-refractivity contribution is 0.0931. The summed E-state index contributed by atoms with van der Waals surface area (Å²) in [4.78, 5) is 23.1. The van der Waals surface area contributed by atoms with Crippen molar-refractivity contribution in [2.45, 2.75) is 18.9 Å². The molecule has 1 aliphatic heterocycles. The topological polar surface area (TPSA) is 86.8 Å². The van der Waals surface area contributed by atoms with Gasteiger partial charge in [-0.2, -0.15) is 5.10 Å². The lowest BCUT2D eigenvalue weighted by atomic mass is 10.0. The molecule has 7 nitrogen and oxygen atoms in total. The molecule has 0 radical (unpaired) electrons. The highest BCUT2D eigenvalue weighted by molar-refractivity contribution is 9.10. The second-order valence-electron chi connectivity index (χ2n) is 6.07. The summed E-state index contributed by atoms with van der Waals surface area (Å²) >= 11 is 3.38. The molecular formula is C17H17BrN6O. The maximum Gasteiger partial charge on any atom is 0.251 e. The number of amides is 1. The third-order valence-electron chi connectivity index (χ3n) is 4.46. The largest absolute Gasteiger partial charge is 0.356 e. The lowest BCUT2D eigenvalue weighted by Crippen LogP contribution is -2.45. The van der Waals surface area contributed by atoms with Crippen molar-refractivity contribution in [2.75, 3.05) is 18.0 Å². The van der Waals surface area contributed by atoms with Crippen molar-refractivity contribution in [1.82, 2.24) is 25.5 Å². The minimum absolute atomic E-state index is 0.0230. The lowest BCUT2D eigenvalue weighted by Gasteiger charge is -2.33. The molecule has 2 aromatic heterocycles. The average molecular weight is 401 g/mol. The van der Waals surface area contributed by atoms with Crippen LogP contribution in [0.3, 0.4) is 0 Å². The van der Waals surface area contributed by atoms with E-state index >= 15 is 0 Å². The number of anilines is 1. The van der Waals surface area contributed by atoms with Gasteiger partial charge in [0, 0.05) is 29.2 Å². The highest BCUT2D eigenvalue weighted by Crippen LogP contribution is 2.24. The highest BCUT2D eigenvalue weighted by atomic mass is 79.9. The standard InChI is InChI=1S/C17H17BrN6O/c18-12-3-1-11(2-4-12)17(25)22-13-5-7-24(8-6-13)16-14-9-21-23-15(14)19-10-20-16/h1-4,9-10,13H,5-8H2,(H,22,25)(H,19,20,21,23). The molecule has 128 valence electrons. The van der Waals surface area contributed by atoms with Crippen LogP contribution in [0, 0.1) is 0 Å². The zero-order valence-corrected chi connectivity index (χ0v) is 15.0. The molecule has 25 heavy (non-hydrogen) atoms. The monoisotopic (exact) mass is 400 g/mol. The fourth-order valence-electron chi connectivity index (χ4n) is 3.11. The first-order valence-electron chi connectivity index (χ1n) is 8.16. The van der Waals surface area contributed by atoms with Crippen molar-refractivity contribution in [3.63, 3.8) is 0 Å². The first-order chi connectivity index (χ1) is 12.2. The number of nitrogens with one attached hydrogen (secondary N) is 2. The summed E-state index contributed by atoms with van der Waals surface area (Å²) in [6, 6.07) is 7.58. The summed E-state index contributed by atoms with van der Waals surface area (Å²) in [5.41, 5.74) is 1.43. The molecule has 8 heteroatoms. The highest BCUT2D eigenvalue weighted by Gasteiger charge is 2.23. The summed E-state index contributed by atoms with van der Waals surface area (Å²) in [7, 11) is 0. The van der Waals surface area contributed by atoms with Gasteiger partial charge in [-0.15, -0.1) is 0 Å². The van der Waals surface area contributed by atoms with Crippen molar-refractivity contribution in [3.05, 3.63) is 46.8 Å². The van der Waals surface area contributed by atoms with Crippen LogP contribution in [0.15, 0.2) is 41.3 Å². The number of rotatable bonds is 3. The normalized spacial score (nSPS) is 15.5. The van der Waals surface area contributed by atoms with Gasteiger partial charge in [-0.1, -0.05) is 15.9 Å². The predicted molar refractivity (Wildman–Crippen MR) is 98.5 cm³/mol. The van der Waals surface area contributed by atoms with Gasteiger partial charge < -0.3 is 10.2 Å². The number of carbonyl (C=O) groups is 1. The molecule has 0 saturated carbocycles. The number of nitrogens with zero attached hydrogens (tertiary/aromatic N) is 4. The molecule has 1 fully saturated rings. The number of hydrogen-bond acceptors (Lipinski definition) is 5. The summed E-state index contributed by atoms with van der Waals surface area (Å²) in [5, 5.41) is 11.0. The molecule has 1 aromatic carbocycles. The van der Waals surface area contributed by atoms with Crippen molar-refractivity contribution in [1.29, 1.82) is 0 Å². The van der Waals surface area contributed by atoms with E-state index in [1.165, 1.54) is 0 Å². The minimum atomic E-state index is -0.0230. The number of aromatic amines is 1. The van der Waals surface area contributed by atoms with Gasteiger partial charge in [-0.25, -0.2) is 9.97 Å². The van der Waals surface area contributed by atoms with Crippen LogP contribution >= 0.6 is 15.9 Å². The number of H-pyrrole nitrogens is 1. The van der Waals surface area contributed by atoms with Crippen LogP contribution in [-0.4, -0.2) is 45.2 Å². The van der Waals surface area contributed by atoms with Gasteiger partial charge >= 0.3 is 0 Å². The third-order valence-corrected chi connectivity index (χ3v) is 4.99. The first kappa shape index (κ1) is 16.0. The maximum absolute atomic E-state index is 12.3. The molecule has 0 atom stereocenters. The summed E-state index contributed by atoms with van der Waals surface area (Å²) in [6.45, 7) is 1.67. The quantitative estimate of drug-likeness (QED) is 0.705. The molecule has 1 amide bonds. The zero-order valence-electron chi connectivity index (χ0n) is 13.4. The Morgan fingerprint density at radius 3 is 2.72 bits per heavy atom. The molecule has 4 rings (SSSR count). The van der Waals surface area contributed by atoms with E-state index in [0.717, 1.165) is 47.3 Å². The van der Waals surface area contributed by atoms with Gasteiger partial charge in [0.2, 0.25) is 0 Å². The molecule has 1 saturated heterocycles. The SMILES string of the molecule is O=C(NC1CCN(c2ncnc3[nH]ncc23)CC1)c1ccc(Br)cc1. The average Bonchev–Trinajstić information content (AvgIpc) is 3.12. The molecular weight excluding hydrogens is 384 g/mol. The number of benzene rings is 1. The second kappa shape index (κ2) is 6.79. The Morgan fingerprint density at radius 2 is 1.96 bits per heavy atom. The Balaban J connectivity index is 1.39. The number of halogens is 1. The van der Waals surface area contributed by atoms with Crippen molar-refractivity contribution < 1.29 is 4.79 Å². The second-order valence-corrected chi connectivity index (χ2v) is 6.99. The molecule has 1 aliphatic rings. The summed E-state index contributed by atoms with van der Waals surface area (Å²) in [5.74, 6) is 0.877. The van der Waals surface area contributed by atoms with Crippen LogP contribution < -0.4 is 10.2 Å². The van der Waals surface area contributed by atoms with E-state index < -0.39 is 0 Å². The van der Waals surface area contributed by atoms with E-state index in [9.17, 15) is 4.79 Å². The molecule has 0 bridgehead atoms. The molecule has 0 unspecified atom stereocenters. The van der Waals surface area contributed by atoms with Gasteiger partial charge in [0.1, 0.15) is 12.1 Å². The van der Waals surface area contributed by atoms with E-state index in [-0.39, 0.29) is 11.9 Å². The van der Waals surface area contributed by atoms with E-state index in [1.807, 2.05) is 24.3 Å². The Bertz CT molecular complexity index is 886. The van der Waals surface area contributed by atoms with Gasteiger partial charge in [0.05, 0.1) is 11.6 Å². The van der Waals surface area contributed by atoms with Crippen LogP contribution in [0.4, 0.5) is 5.82 Å². The van der Waals surface area contributed by atoms with Crippen molar-refractivity contribution in [3.8, 4) is 0 Å². The smallest absolute Gasteiger partial charge is 0.251 e. The predicted octanol–water partition coefficient (Wildman–Crippen LogP) is 2.51. The zero-order chi connectivity index (χ0) is 17.2. The van der Waals surface area contributed by atoms with Gasteiger partial charge in [-0.3, -0.25) is 9.89 Å². The maximum atomic E-state index is 12.3.